The average Bonchev–Trinajstić information content (AvgIpc) is 2.82. The monoisotopic (exact) mass is 278 g/mol. The molecule has 106 valence electrons. The van der Waals surface area contributed by atoms with Gasteiger partial charge in [0.25, 0.3) is 0 Å². The van der Waals surface area contributed by atoms with Gasteiger partial charge in [-0.2, -0.15) is 4.80 Å². The number of aryl methyl sites for hydroxylation is 1. The van der Waals surface area contributed by atoms with Gasteiger partial charge in [0.15, 0.2) is 12.4 Å². The van der Waals surface area contributed by atoms with Gasteiger partial charge in [-0.15, -0.1) is 10.2 Å². The summed E-state index contributed by atoms with van der Waals surface area (Å²) in [5.74, 6) is 0.552. The van der Waals surface area contributed by atoms with Crippen molar-refractivity contribution in [3.8, 4) is 5.75 Å². The molecule has 0 bridgehead atoms. The molecule has 1 N–H and O–H groups in total. The smallest absolute Gasteiger partial charge is 0.310 e. The van der Waals surface area contributed by atoms with Crippen molar-refractivity contribution in [2.24, 2.45) is 7.05 Å². The van der Waals surface area contributed by atoms with Crippen molar-refractivity contribution >= 4 is 5.69 Å². The number of benzene rings is 1. The quantitative estimate of drug-likeness (QED) is 0.602. The van der Waals surface area contributed by atoms with E-state index in [1.54, 1.807) is 26.2 Å². The first-order chi connectivity index (χ1) is 9.60. The van der Waals surface area contributed by atoms with Gasteiger partial charge in [-0.05, 0) is 23.9 Å². The average molecular weight is 278 g/mol. The van der Waals surface area contributed by atoms with Crippen LogP contribution in [0.25, 0.3) is 0 Å². The van der Waals surface area contributed by atoms with E-state index in [9.17, 15) is 10.1 Å². The highest BCUT2D eigenvalue weighted by Gasteiger charge is 2.16. The zero-order valence-electron chi connectivity index (χ0n) is 11.1. The van der Waals surface area contributed by atoms with Crippen molar-refractivity contribution in [3.63, 3.8) is 0 Å². The molecule has 2 aromatic rings. The van der Waals surface area contributed by atoms with Gasteiger partial charge in [0, 0.05) is 12.6 Å². The lowest BCUT2D eigenvalue weighted by Gasteiger charge is -2.07. The Morgan fingerprint density at radius 2 is 2.30 bits per heavy atom. The number of tetrazole rings is 1. The Kier molecular flexibility index (Phi) is 4.20. The molecule has 0 radical (unpaired) electrons. The van der Waals surface area contributed by atoms with Crippen molar-refractivity contribution < 1.29 is 9.66 Å². The predicted molar refractivity (Wildman–Crippen MR) is 69.0 cm³/mol. The lowest BCUT2D eigenvalue weighted by molar-refractivity contribution is -0.386. The number of ether oxygens (including phenoxy) is 1. The van der Waals surface area contributed by atoms with Gasteiger partial charge in [0.2, 0.25) is 5.82 Å². The van der Waals surface area contributed by atoms with E-state index in [1.807, 2.05) is 0 Å². The van der Waals surface area contributed by atoms with Gasteiger partial charge in [-0.1, -0.05) is 6.07 Å². The molecule has 0 aliphatic rings. The van der Waals surface area contributed by atoms with Crippen LogP contribution in [0.3, 0.4) is 0 Å². The maximum absolute atomic E-state index is 11.0. The molecule has 9 heteroatoms. The number of nitro benzene ring substituents is 1. The number of hydrogen-bond acceptors (Lipinski definition) is 7. The second-order valence-electron chi connectivity index (χ2n) is 4.07. The molecule has 0 aliphatic carbocycles. The number of hydrogen-bond donors (Lipinski definition) is 1. The van der Waals surface area contributed by atoms with Crippen molar-refractivity contribution in [2.75, 3.05) is 7.05 Å². The van der Waals surface area contributed by atoms with E-state index in [4.69, 9.17) is 4.74 Å². The van der Waals surface area contributed by atoms with Crippen molar-refractivity contribution in [1.82, 2.24) is 25.5 Å². The van der Waals surface area contributed by atoms with E-state index in [0.717, 1.165) is 5.56 Å². The van der Waals surface area contributed by atoms with E-state index in [0.29, 0.717) is 12.4 Å². The number of nitrogens with one attached hydrogen (secondary N) is 1. The first-order valence-electron chi connectivity index (χ1n) is 5.87. The lowest BCUT2D eigenvalue weighted by Crippen LogP contribution is -2.06. The summed E-state index contributed by atoms with van der Waals surface area (Å²) in [5.41, 5.74) is 0.800. The van der Waals surface area contributed by atoms with Gasteiger partial charge in [-0.25, -0.2) is 0 Å². The maximum Gasteiger partial charge on any atom is 0.310 e. The fraction of sp³-hybridized carbons (Fsp3) is 0.364. The third-order valence-electron chi connectivity index (χ3n) is 2.51. The van der Waals surface area contributed by atoms with E-state index >= 15 is 0 Å². The standard InChI is InChI=1S/C11H14N6O3/c1-12-6-8-3-4-9(17(18)19)10(5-8)20-7-11-13-15-16(2)14-11/h3-5,12H,6-7H2,1-2H3. The number of nitrogens with zero attached hydrogens (tertiary/aromatic N) is 5. The highest BCUT2D eigenvalue weighted by molar-refractivity contribution is 5.48. The van der Waals surface area contributed by atoms with E-state index in [1.165, 1.54) is 10.9 Å². The predicted octanol–water partition coefficient (Wildman–Crippen LogP) is 0.417. The number of aromatic nitrogens is 4. The Labute approximate surface area is 114 Å². The Hall–Kier alpha value is -2.55. The van der Waals surface area contributed by atoms with E-state index in [2.05, 4.69) is 20.7 Å². The Morgan fingerprint density at radius 3 is 2.90 bits per heavy atom. The highest BCUT2D eigenvalue weighted by Crippen LogP contribution is 2.28. The van der Waals surface area contributed by atoms with Crippen molar-refractivity contribution in [2.45, 2.75) is 13.2 Å². The van der Waals surface area contributed by atoms with Crippen LogP contribution in [0.1, 0.15) is 11.4 Å². The molecule has 20 heavy (non-hydrogen) atoms. The summed E-state index contributed by atoms with van der Waals surface area (Å²) >= 11 is 0. The van der Waals surface area contributed by atoms with Crippen LogP contribution >= 0.6 is 0 Å². The zero-order chi connectivity index (χ0) is 14.5. The largest absolute Gasteiger partial charge is 0.478 e. The van der Waals surface area contributed by atoms with Gasteiger partial charge >= 0.3 is 5.69 Å². The minimum atomic E-state index is -0.484. The summed E-state index contributed by atoms with van der Waals surface area (Å²) in [7, 11) is 3.43. The van der Waals surface area contributed by atoms with Crippen LogP contribution in [0.4, 0.5) is 5.69 Å². The number of nitro groups is 1. The SMILES string of the molecule is CNCc1ccc([N+](=O)[O-])c(OCc2nnn(C)n2)c1. The molecule has 0 atom stereocenters. The first-order valence-corrected chi connectivity index (χ1v) is 5.87. The molecule has 1 aromatic heterocycles. The maximum atomic E-state index is 11.0. The fourth-order valence-electron chi connectivity index (χ4n) is 1.66. The van der Waals surface area contributed by atoms with Crippen molar-refractivity contribution in [3.05, 3.63) is 39.7 Å². The zero-order valence-corrected chi connectivity index (χ0v) is 11.1. The van der Waals surface area contributed by atoms with Gasteiger partial charge < -0.3 is 10.1 Å². The van der Waals surface area contributed by atoms with Crippen LogP contribution in [0.5, 0.6) is 5.75 Å². The topological polar surface area (TPSA) is 108 Å². The lowest BCUT2D eigenvalue weighted by atomic mass is 10.2. The molecule has 9 nitrogen and oxygen atoms in total. The van der Waals surface area contributed by atoms with E-state index in [-0.39, 0.29) is 18.0 Å². The molecular weight excluding hydrogens is 264 g/mol. The van der Waals surface area contributed by atoms with E-state index < -0.39 is 4.92 Å². The second-order valence-corrected chi connectivity index (χ2v) is 4.07. The molecular formula is C11H14N6O3. The number of rotatable bonds is 6. The van der Waals surface area contributed by atoms with Crippen LogP contribution in [-0.2, 0) is 20.2 Å². The van der Waals surface area contributed by atoms with Gasteiger partial charge in [0.1, 0.15) is 0 Å². The Morgan fingerprint density at radius 1 is 1.50 bits per heavy atom. The van der Waals surface area contributed by atoms with Crippen LogP contribution < -0.4 is 10.1 Å². The van der Waals surface area contributed by atoms with Crippen LogP contribution in [0, 0.1) is 10.1 Å². The van der Waals surface area contributed by atoms with Crippen LogP contribution in [0.2, 0.25) is 0 Å². The summed E-state index contributed by atoms with van der Waals surface area (Å²) in [6, 6.07) is 4.74. The molecule has 0 spiro atoms. The van der Waals surface area contributed by atoms with Gasteiger partial charge in [0.05, 0.1) is 12.0 Å². The van der Waals surface area contributed by atoms with Gasteiger partial charge in [-0.3, -0.25) is 10.1 Å². The summed E-state index contributed by atoms with van der Waals surface area (Å²) < 4.78 is 5.44. The first kappa shape index (κ1) is 13.9. The summed E-state index contributed by atoms with van der Waals surface area (Å²) in [5, 5.41) is 25.3. The Balaban J connectivity index is 2.18. The third kappa shape index (κ3) is 3.26. The second kappa shape index (κ2) is 6.06. The normalized spacial score (nSPS) is 10.5. The minimum absolute atomic E-state index is 0.0255. The van der Waals surface area contributed by atoms with Crippen molar-refractivity contribution in [1.29, 1.82) is 0 Å². The molecule has 0 amide bonds. The molecule has 0 unspecified atom stereocenters. The molecule has 0 saturated heterocycles. The molecule has 0 saturated carbocycles. The molecule has 1 aromatic carbocycles. The fourth-order valence-corrected chi connectivity index (χ4v) is 1.66. The molecule has 2 rings (SSSR count). The van der Waals surface area contributed by atoms with Crippen LogP contribution in [-0.4, -0.2) is 32.2 Å². The van der Waals surface area contributed by atoms with Crippen LogP contribution in [0.15, 0.2) is 18.2 Å². The molecule has 0 fully saturated rings. The minimum Gasteiger partial charge on any atom is -0.478 e. The highest BCUT2D eigenvalue weighted by atomic mass is 16.6. The molecule has 0 aliphatic heterocycles. The summed E-state index contributed by atoms with van der Waals surface area (Å²) in [6.07, 6.45) is 0. The summed E-state index contributed by atoms with van der Waals surface area (Å²) in [4.78, 5) is 11.8. The third-order valence-corrected chi connectivity index (χ3v) is 2.51. The Bertz CT molecular complexity index is 612. The summed E-state index contributed by atoms with van der Waals surface area (Å²) in [6.45, 7) is 0.620. The molecule has 1 heterocycles.